The van der Waals surface area contributed by atoms with Crippen molar-refractivity contribution in [2.75, 3.05) is 11.4 Å². The zero-order valence-corrected chi connectivity index (χ0v) is 22.5. The topological polar surface area (TPSA) is 162 Å². The number of nitrogens with zero attached hydrogens (tertiary/aromatic N) is 2. The Hall–Kier alpha value is -4.41. The van der Waals surface area contributed by atoms with Gasteiger partial charge in [0.15, 0.2) is 5.78 Å². The number of aromatic amines is 1. The molecular formula is C27H27Cl2N5O5. The number of Topliss-reactive ketones (excluding diaryl/α,β-unsaturated/α-hetero) is 1. The molecule has 204 valence electrons. The number of aryl methyl sites for hydroxylation is 2. The first-order chi connectivity index (χ1) is 17.7. The fourth-order valence-electron chi connectivity index (χ4n) is 4.03. The van der Waals surface area contributed by atoms with E-state index in [9.17, 15) is 19.5 Å². The monoisotopic (exact) mass is 571 g/mol. The lowest BCUT2D eigenvalue weighted by atomic mass is 9.99. The molecule has 4 rings (SSSR count). The fourth-order valence-corrected chi connectivity index (χ4v) is 4.03. The molecule has 2 aromatic carbocycles. The molecule has 0 radical (unpaired) electrons. The Kier molecular flexibility index (Phi) is 10.6. The van der Waals surface area contributed by atoms with Crippen LogP contribution in [0.4, 0.5) is 10.5 Å². The number of nitrogens with two attached hydrogens (primary N) is 1. The number of ether oxygens (including phenoxy) is 1. The molecule has 0 atom stereocenters. The van der Waals surface area contributed by atoms with Crippen molar-refractivity contribution < 1.29 is 24.2 Å². The van der Waals surface area contributed by atoms with Crippen LogP contribution in [0.5, 0.6) is 5.75 Å². The largest absolute Gasteiger partial charge is 0.480 e. The number of nitrogen functional groups attached to an aromatic ring is 1. The molecule has 0 aliphatic carbocycles. The fraction of sp³-hybridized carbons (Fsp3) is 0.148. The van der Waals surface area contributed by atoms with E-state index in [0.29, 0.717) is 34.1 Å². The van der Waals surface area contributed by atoms with Crippen LogP contribution < -0.4 is 15.4 Å². The van der Waals surface area contributed by atoms with Gasteiger partial charge in [0.1, 0.15) is 18.1 Å². The molecule has 5 N–H and O–H groups in total. The molecular weight excluding hydrogens is 545 g/mol. The van der Waals surface area contributed by atoms with E-state index < -0.39 is 18.6 Å². The molecule has 0 bridgehead atoms. The zero-order valence-electron chi connectivity index (χ0n) is 20.8. The maximum atomic E-state index is 13.2. The summed E-state index contributed by atoms with van der Waals surface area (Å²) in [5, 5.41) is 17.3. The minimum atomic E-state index is -1.21. The number of carbonyl (C=O) groups is 3. The van der Waals surface area contributed by atoms with Gasteiger partial charge in [0.05, 0.1) is 11.9 Å². The first-order valence-corrected chi connectivity index (χ1v) is 11.4. The highest BCUT2D eigenvalue weighted by Crippen LogP contribution is 2.28. The molecule has 0 aliphatic rings. The average Bonchev–Trinajstić information content (AvgIpc) is 3.21. The van der Waals surface area contributed by atoms with Crippen molar-refractivity contribution in [3.8, 4) is 5.75 Å². The van der Waals surface area contributed by atoms with Crippen LogP contribution in [0.15, 0.2) is 67.0 Å². The SMILES string of the molecule is Cc1[nH]c2ccc(OC(=O)N(CC(=O)O)c3cccnc3)cc2c1C(=O)CCc1ccc(C(=N)N)cc1.Cl.Cl. The highest BCUT2D eigenvalue weighted by molar-refractivity contribution is 6.09. The Morgan fingerprint density at radius 1 is 1.10 bits per heavy atom. The lowest BCUT2D eigenvalue weighted by molar-refractivity contribution is -0.135. The highest BCUT2D eigenvalue weighted by Gasteiger charge is 2.22. The molecule has 2 aromatic heterocycles. The van der Waals surface area contributed by atoms with Gasteiger partial charge >= 0.3 is 12.1 Å². The first-order valence-electron chi connectivity index (χ1n) is 11.4. The van der Waals surface area contributed by atoms with Crippen LogP contribution in [-0.2, 0) is 11.2 Å². The third-order valence-corrected chi connectivity index (χ3v) is 5.82. The molecule has 0 saturated carbocycles. The van der Waals surface area contributed by atoms with Gasteiger partial charge in [0, 0.05) is 40.3 Å². The molecule has 1 amide bonds. The second-order valence-corrected chi connectivity index (χ2v) is 8.43. The van der Waals surface area contributed by atoms with Crippen LogP contribution in [0.1, 0.15) is 33.6 Å². The van der Waals surface area contributed by atoms with E-state index in [1.807, 2.05) is 12.1 Å². The summed E-state index contributed by atoms with van der Waals surface area (Å²) < 4.78 is 5.49. The number of pyridine rings is 1. The number of aliphatic carboxylic acids is 1. The van der Waals surface area contributed by atoms with Crippen molar-refractivity contribution >= 4 is 65.1 Å². The van der Waals surface area contributed by atoms with Gasteiger partial charge in [-0.2, -0.15) is 0 Å². The minimum absolute atomic E-state index is 0. The Morgan fingerprint density at radius 2 is 1.82 bits per heavy atom. The maximum absolute atomic E-state index is 13.2. The number of halogens is 2. The number of fused-ring (bicyclic) bond motifs is 1. The summed E-state index contributed by atoms with van der Waals surface area (Å²) >= 11 is 0. The van der Waals surface area contributed by atoms with Crippen molar-refractivity contribution in [1.82, 2.24) is 9.97 Å². The summed E-state index contributed by atoms with van der Waals surface area (Å²) in [4.78, 5) is 45.4. The van der Waals surface area contributed by atoms with Gasteiger partial charge in [0.25, 0.3) is 0 Å². The Morgan fingerprint density at radius 3 is 2.44 bits per heavy atom. The second kappa shape index (κ2) is 13.4. The summed E-state index contributed by atoms with van der Waals surface area (Å²) in [5.41, 5.74) is 9.24. The number of aromatic nitrogens is 2. The Balaban J connectivity index is 0.00000267. The lowest BCUT2D eigenvalue weighted by Crippen LogP contribution is -2.37. The van der Waals surface area contributed by atoms with Crippen LogP contribution in [0.3, 0.4) is 0 Å². The molecule has 0 unspecified atom stereocenters. The summed E-state index contributed by atoms with van der Waals surface area (Å²) in [6, 6.07) is 15.2. The number of hydrogen-bond donors (Lipinski definition) is 4. The van der Waals surface area contributed by atoms with Crippen molar-refractivity contribution in [3.05, 3.63) is 89.4 Å². The van der Waals surface area contributed by atoms with Crippen molar-refractivity contribution in [2.45, 2.75) is 19.8 Å². The Bertz CT molecular complexity index is 1490. The van der Waals surface area contributed by atoms with E-state index in [2.05, 4.69) is 9.97 Å². The van der Waals surface area contributed by atoms with E-state index in [-0.39, 0.29) is 54.3 Å². The maximum Gasteiger partial charge on any atom is 0.420 e. The van der Waals surface area contributed by atoms with Crippen molar-refractivity contribution in [1.29, 1.82) is 5.41 Å². The van der Waals surface area contributed by atoms with Crippen LogP contribution in [0.25, 0.3) is 10.9 Å². The molecule has 10 nitrogen and oxygen atoms in total. The van der Waals surface area contributed by atoms with Gasteiger partial charge in [-0.1, -0.05) is 24.3 Å². The van der Waals surface area contributed by atoms with Crippen molar-refractivity contribution in [2.24, 2.45) is 5.73 Å². The minimum Gasteiger partial charge on any atom is -0.480 e. The number of amides is 1. The van der Waals surface area contributed by atoms with Crippen LogP contribution in [-0.4, -0.2) is 45.3 Å². The number of anilines is 1. The standard InChI is InChI=1S/C27H25N5O5.2ClH/c1-16-25(23(33)11-6-17-4-7-18(8-5-17)26(28)29)21-13-20(9-10-22(21)31-16)37-27(36)32(15-24(34)35)19-3-2-12-30-14-19;;/h2-5,7-10,12-14,31H,6,11,15H2,1H3,(H3,28,29)(H,34,35);2*1H. The number of carboxylic acid groups (broad SMARTS) is 1. The molecule has 0 spiro atoms. The smallest absolute Gasteiger partial charge is 0.420 e. The van der Waals surface area contributed by atoms with E-state index in [0.717, 1.165) is 10.5 Å². The number of H-pyrrole nitrogens is 1. The van der Waals surface area contributed by atoms with Gasteiger partial charge in [-0.25, -0.2) is 4.79 Å². The van der Waals surface area contributed by atoms with Gasteiger partial charge in [0.2, 0.25) is 0 Å². The van der Waals surface area contributed by atoms with Crippen LogP contribution in [0, 0.1) is 12.3 Å². The number of carbonyl (C=O) groups excluding carboxylic acids is 2. The third-order valence-electron chi connectivity index (χ3n) is 5.82. The quantitative estimate of drug-likeness (QED) is 0.126. The summed E-state index contributed by atoms with van der Waals surface area (Å²) in [6.07, 6.45) is 2.75. The van der Waals surface area contributed by atoms with Gasteiger partial charge in [-0.05, 0) is 49.2 Å². The van der Waals surface area contributed by atoms with Gasteiger partial charge in [-0.3, -0.25) is 24.9 Å². The predicted octanol–water partition coefficient (Wildman–Crippen LogP) is 4.90. The van der Waals surface area contributed by atoms with E-state index in [1.165, 1.54) is 12.4 Å². The first kappa shape index (κ1) is 30.8. The van der Waals surface area contributed by atoms with Gasteiger partial charge < -0.3 is 20.6 Å². The number of carboxylic acids is 1. The number of benzene rings is 2. The molecule has 0 fully saturated rings. The summed E-state index contributed by atoms with van der Waals surface area (Å²) in [7, 11) is 0. The number of nitrogens with one attached hydrogen (secondary N) is 2. The molecule has 0 aliphatic heterocycles. The molecule has 12 heteroatoms. The Labute approximate surface area is 236 Å². The van der Waals surface area contributed by atoms with Crippen LogP contribution >= 0.6 is 24.8 Å². The molecule has 39 heavy (non-hydrogen) atoms. The molecule has 0 saturated heterocycles. The van der Waals surface area contributed by atoms with E-state index in [4.69, 9.17) is 15.9 Å². The third kappa shape index (κ3) is 7.34. The van der Waals surface area contributed by atoms with Crippen LogP contribution in [0.2, 0.25) is 0 Å². The highest BCUT2D eigenvalue weighted by atomic mass is 35.5. The normalized spacial score (nSPS) is 10.2. The zero-order chi connectivity index (χ0) is 26.5. The van der Waals surface area contributed by atoms with E-state index in [1.54, 1.807) is 49.4 Å². The van der Waals surface area contributed by atoms with E-state index >= 15 is 0 Å². The number of amidine groups is 1. The summed E-state index contributed by atoms with van der Waals surface area (Å²) in [5.74, 6) is -1.13. The lowest BCUT2D eigenvalue weighted by Gasteiger charge is -2.19. The van der Waals surface area contributed by atoms with Crippen molar-refractivity contribution in [3.63, 3.8) is 0 Å². The molecule has 4 aromatic rings. The summed E-state index contributed by atoms with van der Waals surface area (Å²) in [6.45, 7) is 1.20. The number of hydrogen-bond acceptors (Lipinski definition) is 6. The van der Waals surface area contributed by atoms with Gasteiger partial charge in [-0.15, -0.1) is 24.8 Å². The number of ketones is 1. The predicted molar refractivity (Wildman–Crippen MR) is 153 cm³/mol. The molecule has 2 heterocycles. The second-order valence-electron chi connectivity index (χ2n) is 8.43. The number of rotatable bonds is 9. The average molecular weight is 572 g/mol.